The van der Waals surface area contributed by atoms with Crippen LogP contribution < -0.4 is 15.4 Å². The maximum absolute atomic E-state index is 13.4. The van der Waals surface area contributed by atoms with Crippen molar-refractivity contribution in [2.75, 3.05) is 17.2 Å². The number of fused-ring (bicyclic) bond motifs is 2. The first-order chi connectivity index (χ1) is 16.1. The Morgan fingerprint density at radius 3 is 2.59 bits per heavy atom. The van der Waals surface area contributed by atoms with Crippen LogP contribution in [0.2, 0.25) is 0 Å². The molecule has 4 atom stereocenters. The lowest BCUT2D eigenvalue weighted by Gasteiger charge is -2.37. The molecule has 0 spiro atoms. The van der Waals surface area contributed by atoms with Crippen molar-refractivity contribution in [3.63, 3.8) is 0 Å². The number of nitrogens with zero attached hydrogens (tertiary/aromatic N) is 3. The smallest absolute Gasteiger partial charge is 0.268 e. The lowest BCUT2D eigenvalue weighted by Crippen LogP contribution is -2.44. The van der Waals surface area contributed by atoms with Crippen LogP contribution in [0.1, 0.15) is 74.8 Å². The molecule has 182 valence electrons. The van der Waals surface area contributed by atoms with Gasteiger partial charge in [-0.2, -0.15) is 0 Å². The highest BCUT2D eigenvalue weighted by atomic mass is 32.2. The van der Waals surface area contributed by atoms with Gasteiger partial charge in [-0.3, -0.25) is 4.79 Å². The second kappa shape index (κ2) is 8.22. The van der Waals surface area contributed by atoms with Crippen molar-refractivity contribution in [2.45, 2.75) is 69.2 Å². The van der Waals surface area contributed by atoms with E-state index in [0.717, 1.165) is 31.0 Å². The fourth-order valence-electron chi connectivity index (χ4n) is 6.13. The number of rotatable bonds is 5. The summed E-state index contributed by atoms with van der Waals surface area (Å²) in [5.74, 6) is 1.97. The third kappa shape index (κ3) is 3.83. The maximum Gasteiger partial charge on any atom is 0.268 e. The Hall–Kier alpha value is -2.68. The van der Waals surface area contributed by atoms with E-state index in [-0.39, 0.29) is 21.8 Å². The molecule has 2 aliphatic carbocycles. The predicted octanol–water partition coefficient (Wildman–Crippen LogP) is 3.71. The Morgan fingerprint density at radius 1 is 1.18 bits per heavy atom. The molecular weight excluding hydrogens is 450 g/mol. The second-order valence-electron chi connectivity index (χ2n) is 10.7. The minimum absolute atomic E-state index is 0.151. The minimum atomic E-state index is -4.18. The van der Waals surface area contributed by atoms with Gasteiger partial charge in [0.05, 0.1) is 5.56 Å². The van der Waals surface area contributed by atoms with Crippen molar-refractivity contribution < 1.29 is 13.2 Å². The van der Waals surface area contributed by atoms with Crippen LogP contribution in [0.25, 0.3) is 0 Å². The molecule has 2 saturated carbocycles. The number of aromatic nitrogens is 2. The molecule has 3 heterocycles. The van der Waals surface area contributed by atoms with E-state index in [1.807, 2.05) is 6.07 Å². The second-order valence-corrected chi connectivity index (χ2v) is 12.4. The van der Waals surface area contributed by atoms with E-state index in [0.29, 0.717) is 23.6 Å². The Kier molecular flexibility index (Phi) is 5.58. The highest BCUT2D eigenvalue weighted by Gasteiger charge is 2.43. The molecule has 8 nitrogen and oxygen atoms in total. The van der Waals surface area contributed by atoms with Gasteiger partial charge < -0.3 is 10.6 Å². The summed E-state index contributed by atoms with van der Waals surface area (Å²) in [5, 5.41) is 0. The molecule has 5 rings (SSSR count). The molecule has 3 N–H and O–H groups in total. The van der Waals surface area contributed by atoms with Crippen LogP contribution in [0, 0.1) is 17.8 Å². The number of nitrogen functional groups attached to an aromatic ring is 1. The van der Waals surface area contributed by atoms with Crippen LogP contribution in [0.5, 0.6) is 0 Å². The SMILES string of the molecule is CC1CCN(c2nc(C3CC4CCC3C4)ccc2C(=O)NS(=O)(=O)c2cccnc2N)C1(C)C. The number of hydrogen-bond donors (Lipinski definition) is 2. The normalized spacial score (nSPS) is 27.8. The van der Waals surface area contributed by atoms with Crippen molar-refractivity contribution in [1.82, 2.24) is 14.7 Å². The van der Waals surface area contributed by atoms with E-state index < -0.39 is 15.9 Å². The highest BCUT2D eigenvalue weighted by Crippen LogP contribution is 2.53. The Bertz CT molecular complexity index is 1230. The number of nitrogens with two attached hydrogens (primary N) is 1. The molecule has 1 amide bonds. The average molecular weight is 484 g/mol. The Balaban J connectivity index is 1.52. The third-order valence-electron chi connectivity index (χ3n) is 8.52. The molecule has 3 aliphatic rings. The van der Waals surface area contributed by atoms with Gasteiger partial charge in [-0.05, 0) is 81.5 Å². The van der Waals surface area contributed by atoms with Crippen LogP contribution in [0.4, 0.5) is 11.6 Å². The molecular formula is C25H33N5O3S. The summed E-state index contributed by atoms with van der Waals surface area (Å²) in [5.41, 5.74) is 6.84. The number of pyridine rings is 2. The van der Waals surface area contributed by atoms with Gasteiger partial charge >= 0.3 is 0 Å². The first kappa shape index (κ1) is 23.1. The number of nitrogens with one attached hydrogen (secondary N) is 1. The van der Waals surface area contributed by atoms with Gasteiger partial charge in [-0.1, -0.05) is 13.3 Å². The van der Waals surface area contributed by atoms with Crippen molar-refractivity contribution >= 4 is 27.6 Å². The van der Waals surface area contributed by atoms with Crippen LogP contribution in [0.15, 0.2) is 35.4 Å². The van der Waals surface area contributed by atoms with Gasteiger partial charge in [0.15, 0.2) is 0 Å². The lowest BCUT2D eigenvalue weighted by atomic mass is 9.86. The fourth-order valence-corrected chi connectivity index (χ4v) is 7.18. The number of carbonyl (C=O) groups is 1. The van der Waals surface area contributed by atoms with Crippen molar-refractivity contribution in [1.29, 1.82) is 0 Å². The standard InChI is InChI=1S/C25H33N5O3S/c1-15-10-12-30(25(15,2)3)23-18(8-9-20(28-23)19-14-16-6-7-17(19)13-16)24(31)29-34(32,33)21-5-4-11-27-22(21)26/h4-5,8-9,11,15-17,19H,6-7,10,12-14H2,1-3H3,(H2,26,27)(H,29,31). The first-order valence-electron chi connectivity index (χ1n) is 12.1. The molecule has 34 heavy (non-hydrogen) atoms. The zero-order valence-electron chi connectivity index (χ0n) is 20.0. The van der Waals surface area contributed by atoms with Gasteiger partial charge in [0.25, 0.3) is 15.9 Å². The van der Waals surface area contributed by atoms with Crippen LogP contribution in [0.3, 0.4) is 0 Å². The quantitative estimate of drug-likeness (QED) is 0.665. The molecule has 0 aromatic carbocycles. The highest BCUT2D eigenvalue weighted by molar-refractivity contribution is 7.90. The van der Waals surface area contributed by atoms with E-state index in [2.05, 4.69) is 35.4 Å². The summed E-state index contributed by atoms with van der Waals surface area (Å²) in [6.45, 7) is 7.29. The van der Waals surface area contributed by atoms with Crippen molar-refractivity contribution in [2.24, 2.45) is 17.8 Å². The zero-order chi connectivity index (χ0) is 24.3. The van der Waals surface area contributed by atoms with Crippen molar-refractivity contribution in [3.05, 3.63) is 41.7 Å². The van der Waals surface area contributed by atoms with Crippen LogP contribution in [-0.2, 0) is 10.0 Å². The van der Waals surface area contributed by atoms with Gasteiger partial charge in [0.2, 0.25) is 0 Å². The van der Waals surface area contributed by atoms with Crippen LogP contribution in [-0.4, -0.2) is 36.4 Å². The first-order valence-corrected chi connectivity index (χ1v) is 13.6. The van der Waals surface area contributed by atoms with E-state index >= 15 is 0 Å². The number of sulfonamides is 1. The molecule has 2 aromatic heterocycles. The lowest BCUT2D eigenvalue weighted by molar-refractivity contribution is 0.0981. The molecule has 2 aromatic rings. The molecule has 1 saturated heterocycles. The minimum Gasteiger partial charge on any atom is -0.383 e. The van der Waals surface area contributed by atoms with Gasteiger partial charge in [0.1, 0.15) is 16.5 Å². The van der Waals surface area contributed by atoms with E-state index in [4.69, 9.17) is 10.7 Å². The van der Waals surface area contributed by atoms with Gasteiger partial charge in [-0.15, -0.1) is 0 Å². The Morgan fingerprint density at radius 2 is 1.97 bits per heavy atom. The number of amides is 1. The molecule has 2 bridgehead atoms. The van der Waals surface area contributed by atoms with Gasteiger partial charge in [-0.25, -0.2) is 23.1 Å². The van der Waals surface area contributed by atoms with Gasteiger partial charge in [0, 0.05) is 29.9 Å². The van der Waals surface area contributed by atoms with E-state index in [9.17, 15) is 13.2 Å². The van der Waals surface area contributed by atoms with E-state index in [1.54, 1.807) is 6.07 Å². The molecule has 9 heteroatoms. The van der Waals surface area contributed by atoms with Crippen molar-refractivity contribution in [3.8, 4) is 0 Å². The topological polar surface area (TPSA) is 118 Å². The number of carbonyl (C=O) groups excluding carboxylic acids is 1. The fraction of sp³-hybridized carbons (Fsp3) is 0.560. The monoisotopic (exact) mass is 483 g/mol. The molecule has 1 aliphatic heterocycles. The summed E-state index contributed by atoms with van der Waals surface area (Å²) in [6.07, 6.45) is 7.35. The maximum atomic E-state index is 13.4. The number of anilines is 2. The number of hydrogen-bond acceptors (Lipinski definition) is 7. The summed E-state index contributed by atoms with van der Waals surface area (Å²) >= 11 is 0. The van der Waals surface area contributed by atoms with E-state index in [1.165, 1.54) is 37.6 Å². The summed E-state index contributed by atoms with van der Waals surface area (Å²) in [6, 6.07) is 6.47. The molecule has 3 fully saturated rings. The summed E-state index contributed by atoms with van der Waals surface area (Å²) in [7, 11) is -4.18. The Labute approximate surface area is 201 Å². The largest absolute Gasteiger partial charge is 0.383 e. The zero-order valence-corrected chi connectivity index (χ0v) is 20.8. The summed E-state index contributed by atoms with van der Waals surface area (Å²) in [4.78, 5) is 24.2. The summed E-state index contributed by atoms with van der Waals surface area (Å²) < 4.78 is 28.0. The average Bonchev–Trinajstić information content (AvgIpc) is 3.48. The molecule has 0 radical (unpaired) electrons. The predicted molar refractivity (Wildman–Crippen MR) is 131 cm³/mol. The van der Waals surface area contributed by atoms with Crippen LogP contribution >= 0.6 is 0 Å². The molecule has 4 unspecified atom stereocenters. The third-order valence-corrected chi connectivity index (χ3v) is 9.90.